The topological polar surface area (TPSA) is 0 Å². The minimum atomic E-state index is -0.125. The van der Waals surface area contributed by atoms with E-state index in [0.29, 0.717) is 4.83 Å². The molecule has 0 bridgehead atoms. The molecule has 20 heavy (non-hydrogen) atoms. The summed E-state index contributed by atoms with van der Waals surface area (Å²) in [6, 6.07) is 11.3. The van der Waals surface area contributed by atoms with Crippen molar-refractivity contribution in [2.45, 2.75) is 43.4 Å². The Hall–Kier alpha value is -0.890. The van der Waals surface area contributed by atoms with Gasteiger partial charge in [0.25, 0.3) is 0 Å². The summed E-state index contributed by atoms with van der Waals surface area (Å²) < 4.78 is 13.8. The van der Waals surface area contributed by atoms with Gasteiger partial charge in [-0.1, -0.05) is 71.9 Å². The Balaban J connectivity index is 1.80. The third-order valence-electron chi connectivity index (χ3n) is 4.55. The van der Waals surface area contributed by atoms with Crippen molar-refractivity contribution < 1.29 is 4.39 Å². The summed E-state index contributed by atoms with van der Waals surface area (Å²) >= 11 is 3.82. The molecule has 1 saturated carbocycles. The molecule has 0 radical (unpaired) electrons. The molecule has 1 aliphatic rings. The normalized spacial score (nSPS) is 17.7. The summed E-state index contributed by atoms with van der Waals surface area (Å²) in [6.45, 7) is 0. The second-order valence-corrected chi connectivity index (χ2v) is 6.98. The number of benzene rings is 2. The Kier molecular flexibility index (Phi) is 4.40. The molecule has 1 atom stereocenters. The van der Waals surface area contributed by atoms with Gasteiger partial charge in [0, 0.05) is 10.2 Å². The molecule has 3 rings (SSSR count). The van der Waals surface area contributed by atoms with Gasteiger partial charge in [0.1, 0.15) is 5.82 Å². The average Bonchev–Trinajstić information content (AvgIpc) is 2.99. The number of hydrogen-bond donors (Lipinski definition) is 0. The van der Waals surface area contributed by atoms with Gasteiger partial charge in [-0.05, 0) is 35.8 Å². The van der Waals surface area contributed by atoms with E-state index in [9.17, 15) is 4.39 Å². The zero-order valence-corrected chi connectivity index (χ0v) is 13.2. The Morgan fingerprint density at radius 3 is 2.50 bits per heavy atom. The lowest BCUT2D eigenvalue weighted by atomic mass is 9.95. The van der Waals surface area contributed by atoms with Crippen molar-refractivity contribution in [1.29, 1.82) is 0 Å². The lowest BCUT2D eigenvalue weighted by Gasteiger charge is -2.16. The molecule has 106 valence electrons. The Morgan fingerprint density at radius 2 is 1.75 bits per heavy atom. The highest BCUT2D eigenvalue weighted by Gasteiger charge is 2.18. The lowest BCUT2D eigenvalue weighted by molar-refractivity contribution is 0.483. The van der Waals surface area contributed by atoms with Crippen LogP contribution in [-0.4, -0.2) is 0 Å². The molecule has 2 heteroatoms. The zero-order chi connectivity index (χ0) is 13.9. The monoisotopic (exact) mass is 334 g/mol. The maximum atomic E-state index is 13.8. The van der Waals surface area contributed by atoms with Crippen molar-refractivity contribution in [2.24, 2.45) is 5.92 Å². The molecule has 1 unspecified atom stereocenters. The van der Waals surface area contributed by atoms with E-state index in [-0.39, 0.29) is 5.82 Å². The van der Waals surface area contributed by atoms with Crippen molar-refractivity contribution in [1.82, 2.24) is 0 Å². The molecule has 0 nitrogen and oxygen atoms in total. The van der Waals surface area contributed by atoms with Gasteiger partial charge in [0.2, 0.25) is 0 Å². The molecule has 0 spiro atoms. The van der Waals surface area contributed by atoms with Gasteiger partial charge in [0.05, 0.1) is 0 Å². The fourth-order valence-electron chi connectivity index (χ4n) is 3.40. The first-order valence-electron chi connectivity index (χ1n) is 7.57. The Labute approximate surface area is 128 Å². The smallest absolute Gasteiger partial charge is 0.131 e. The molecule has 2 aromatic rings. The first-order chi connectivity index (χ1) is 9.75. The summed E-state index contributed by atoms with van der Waals surface area (Å²) in [5.41, 5.74) is 1.22. The first kappa shape index (κ1) is 14.1. The van der Waals surface area contributed by atoms with Gasteiger partial charge < -0.3 is 0 Å². The molecular weight excluding hydrogens is 315 g/mol. The summed E-state index contributed by atoms with van der Waals surface area (Å²) in [7, 11) is 0. The van der Waals surface area contributed by atoms with Gasteiger partial charge in [-0.3, -0.25) is 0 Å². The molecule has 2 aromatic carbocycles. The van der Waals surface area contributed by atoms with E-state index < -0.39 is 0 Å². The number of hydrogen-bond acceptors (Lipinski definition) is 0. The lowest BCUT2D eigenvalue weighted by Crippen LogP contribution is -1.98. The number of halogens is 2. The van der Waals surface area contributed by atoms with Crippen molar-refractivity contribution in [3.63, 3.8) is 0 Å². The maximum absolute atomic E-state index is 13.8. The van der Waals surface area contributed by atoms with Gasteiger partial charge in [-0.25, -0.2) is 4.39 Å². The molecule has 0 heterocycles. The number of alkyl halides is 1. The van der Waals surface area contributed by atoms with E-state index in [1.54, 1.807) is 6.07 Å². The van der Waals surface area contributed by atoms with E-state index in [1.165, 1.54) is 37.7 Å². The largest absolute Gasteiger partial charge is 0.206 e. The van der Waals surface area contributed by atoms with Crippen molar-refractivity contribution >= 4 is 26.7 Å². The van der Waals surface area contributed by atoms with Crippen LogP contribution in [0.15, 0.2) is 36.4 Å². The van der Waals surface area contributed by atoms with E-state index in [0.717, 1.165) is 23.1 Å². The summed E-state index contributed by atoms with van der Waals surface area (Å²) in [5.74, 6) is 0.779. The Morgan fingerprint density at radius 1 is 1.05 bits per heavy atom. The first-order valence-corrected chi connectivity index (χ1v) is 8.48. The predicted octanol–water partition coefficient (Wildman–Crippen LogP) is 6.39. The second-order valence-electron chi connectivity index (χ2n) is 5.88. The van der Waals surface area contributed by atoms with E-state index in [4.69, 9.17) is 0 Å². The molecule has 0 amide bonds. The SMILES string of the molecule is Fc1ccc(C(Br)CCC2CCCC2)c2ccccc12. The van der Waals surface area contributed by atoms with Crippen LogP contribution in [0, 0.1) is 11.7 Å². The molecule has 0 aliphatic heterocycles. The zero-order valence-electron chi connectivity index (χ0n) is 11.6. The van der Waals surface area contributed by atoms with Crippen molar-refractivity contribution in [3.05, 3.63) is 47.8 Å². The average molecular weight is 335 g/mol. The van der Waals surface area contributed by atoms with Crippen LogP contribution in [0.3, 0.4) is 0 Å². The van der Waals surface area contributed by atoms with E-state index >= 15 is 0 Å². The fraction of sp³-hybridized carbons (Fsp3) is 0.444. The summed E-state index contributed by atoms with van der Waals surface area (Å²) in [5, 5.41) is 1.77. The third kappa shape index (κ3) is 2.90. The molecule has 1 fully saturated rings. The van der Waals surface area contributed by atoms with E-state index in [2.05, 4.69) is 15.9 Å². The molecule has 1 aliphatic carbocycles. The van der Waals surface area contributed by atoms with Crippen LogP contribution < -0.4 is 0 Å². The quantitative estimate of drug-likeness (QED) is 0.568. The van der Waals surface area contributed by atoms with Gasteiger partial charge in [0.15, 0.2) is 0 Å². The van der Waals surface area contributed by atoms with Gasteiger partial charge >= 0.3 is 0 Å². The summed E-state index contributed by atoms with van der Waals surface area (Å²) in [4.78, 5) is 0.327. The second kappa shape index (κ2) is 6.26. The van der Waals surface area contributed by atoms with Crippen LogP contribution in [0.1, 0.15) is 48.9 Å². The van der Waals surface area contributed by atoms with Crippen LogP contribution in [0.25, 0.3) is 10.8 Å². The van der Waals surface area contributed by atoms with Crippen LogP contribution in [0.2, 0.25) is 0 Å². The third-order valence-corrected chi connectivity index (χ3v) is 5.50. The number of rotatable bonds is 4. The summed E-state index contributed by atoms with van der Waals surface area (Å²) in [6.07, 6.45) is 8.00. The van der Waals surface area contributed by atoms with Crippen LogP contribution in [0.5, 0.6) is 0 Å². The fourth-order valence-corrected chi connectivity index (χ4v) is 4.06. The Bertz CT molecular complexity index is 587. The highest BCUT2D eigenvalue weighted by molar-refractivity contribution is 9.09. The molecule has 0 N–H and O–H groups in total. The van der Waals surface area contributed by atoms with Crippen molar-refractivity contribution in [3.8, 4) is 0 Å². The van der Waals surface area contributed by atoms with E-state index in [1.807, 2.05) is 30.3 Å². The number of fused-ring (bicyclic) bond motifs is 1. The van der Waals surface area contributed by atoms with Gasteiger partial charge in [-0.15, -0.1) is 0 Å². The van der Waals surface area contributed by atoms with Crippen molar-refractivity contribution in [2.75, 3.05) is 0 Å². The van der Waals surface area contributed by atoms with Crippen LogP contribution >= 0.6 is 15.9 Å². The highest BCUT2D eigenvalue weighted by Crippen LogP contribution is 2.37. The predicted molar refractivity (Wildman–Crippen MR) is 86.8 cm³/mol. The maximum Gasteiger partial charge on any atom is 0.131 e. The minimum absolute atomic E-state index is 0.125. The molecule has 0 saturated heterocycles. The minimum Gasteiger partial charge on any atom is -0.206 e. The van der Waals surface area contributed by atoms with Crippen LogP contribution in [-0.2, 0) is 0 Å². The van der Waals surface area contributed by atoms with Crippen LogP contribution in [0.4, 0.5) is 4.39 Å². The van der Waals surface area contributed by atoms with Gasteiger partial charge in [-0.2, -0.15) is 0 Å². The highest BCUT2D eigenvalue weighted by atomic mass is 79.9. The molecular formula is C18H20BrF. The standard InChI is InChI=1S/C18H20BrF/c19-17(11-9-13-5-1-2-6-13)15-10-12-18(20)16-8-4-3-7-14(15)16/h3-4,7-8,10,12-13,17H,1-2,5-6,9,11H2. The molecule has 0 aromatic heterocycles.